The molecule has 0 aliphatic rings. The van der Waals surface area contributed by atoms with E-state index in [9.17, 15) is 0 Å². The fourth-order valence-electron chi connectivity index (χ4n) is 0.430. The summed E-state index contributed by atoms with van der Waals surface area (Å²) in [6.07, 6.45) is 3.62. The van der Waals surface area contributed by atoms with Crippen LogP contribution in [0.15, 0.2) is 24.3 Å². The normalized spacial score (nSPS) is 11.1. The van der Waals surface area contributed by atoms with Crippen molar-refractivity contribution in [2.45, 2.75) is 6.92 Å². The average Bonchev–Trinajstić information content (AvgIpc) is 1.82. The van der Waals surface area contributed by atoms with Gasteiger partial charge in [0, 0.05) is 0 Å². The summed E-state index contributed by atoms with van der Waals surface area (Å²) in [7, 11) is 0. The summed E-state index contributed by atoms with van der Waals surface area (Å²) in [5.74, 6) is 0. The quantitative estimate of drug-likeness (QED) is 0.765. The fourth-order valence-corrected chi connectivity index (χ4v) is 0.974. The Morgan fingerprint density at radius 3 is 2.44 bits per heavy atom. The number of hydrogen-bond donors (Lipinski definition) is 1. The maximum absolute atomic E-state index is 8.63. The number of hydrogen-bond acceptors (Lipinski definition) is 1. The summed E-state index contributed by atoms with van der Waals surface area (Å²) in [6, 6.07) is 0. The standard InChI is InChI=1S/C7H10O.W/c1-3-5-7(4-2)6-8;/h4-5,8H,2,6H2,1H3;/b7-5+;. The molecule has 0 aromatic heterocycles. The molecule has 0 saturated carbocycles. The molecule has 0 unspecified atom stereocenters. The monoisotopic (exact) mass is 294 g/mol. The van der Waals surface area contributed by atoms with E-state index in [1.807, 2.05) is 13.0 Å². The Hall–Kier alpha value is -0.00169. The van der Waals surface area contributed by atoms with E-state index in [-0.39, 0.29) is 6.61 Å². The van der Waals surface area contributed by atoms with Crippen LogP contribution in [0.5, 0.6) is 0 Å². The van der Waals surface area contributed by atoms with Gasteiger partial charge in [-0.15, -0.1) is 0 Å². The molecular formula is C7H10OW. The minimum absolute atomic E-state index is 0.0914. The summed E-state index contributed by atoms with van der Waals surface area (Å²) < 4.78 is 1.26. The number of aliphatic hydroxyl groups is 1. The van der Waals surface area contributed by atoms with Gasteiger partial charge in [0.25, 0.3) is 0 Å². The van der Waals surface area contributed by atoms with Gasteiger partial charge in [0.05, 0.1) is 0 Å². The van der Waals surface area contributed by atoms with Gasteiger partial charge in [-0.05, 0) is 0 Å². The van der Waals surface area contributed by atoms with Crippen LogP contribution < -0.4 is 0 Å². The van der Waals surface area contributed by atoms with E-state index >= 15 is 0 Å². The van der Waals surface area contributed by atoms with E-state index in [0.29, 0.717) is 0 Å². The zero-order valence-electron chi connectivity index (χ0n) is 5.42. The number of rotatable bonds is 3. The third kappa shape index (κ3) is 4.50. The summed E-state index contributed by atoms with van der Waals surface area (Å²) in [5.41, 5.74) is 0.891. The third-order valence-electron chi connectivity index (χ3n) is 0.833. The Labute approximate surface area is 66.5 Å². The van der Waals surface area contributed by atoms with Crippen LogP contribution in [0.2, 0.25) is 0 Å². The molecule has 1 N–H and O–H groups in total. The van der Waals surface area contributed by atoms with E-state index in [0.717, 1.165) is 5.57 Å². The van der Waals surface area contributed by atoms with E-state index < -0.39 is 0 Å². The molecule has 0 fully saturated rings. The molecule has 9 heavy (non-hydrogen) atoms. The van der Waals surface area contributed by atoms with E-state index in [1.165, 1.54) is 23.3 Å². The van der Waals surface area contributed by atoms with E-state index in [4.69, 9.17) is 5.11 Å². The van der Waals surface area contributed by atoms with Crippen LogP contribution in [0, 0.1) is 0 Å². The van der Waals surface area contributed by atoms with Gasteiger partial charge in [-0.2, -0.15) is 0 Å². The fraction of sp³-hybridized carbons (Fsp3) is 0.286. The van der Waals surface area contributed by atoms with Crippen LogP contribution in [-0.4, -0.2) is 15.6 Å². The van der Waals surface area contributed by atoms with Crippen molar-refractivity contribution in [2.24, 2.45) is 0 Å². The summed E-state index contributed by atoms with van der Waals surface area (Å²) in [4.78, 5) is 0. The molecule has 50 valence electrons. The molecule has 0 atom stereocenters. The Morgan fingerprint density at radius 1 is 1.78 bits per heavy atom. The zero-order chi connectivity index (χ0) is 7.28. The zero-order valence-corrected chi connectivity index (χ0v) is 8.36. The molecular weight excluding hydrogens is 284 g/mol. The van der Waals surface area contributed by atoms with Crippen molar-refractivity contribution in [3.8, 4) is 0 Å². The summed E-state index contributed by atoms with van der Waals surface area (Å²) in [6.45, 7) is 5.67. The first-order chi connectivity index (χ1) is 4.20. The van der Waals surface area contributed by atoms with Crippen LogP contribution in [0.25, 0.3) is 0 Å². The Kier molecular flexibility index (Phi) is 4.84. The SMILES string of the molecule is C=C/C(=C\[C](C)=[W])CO. The van der Waals surface area contributed by atoms with Crippen molar-refractivity contribution >= 4 is 3.90 Å². The van der Waals surface area contributed by atoms with Crippen molar-refractivity contribution in [3.63, 3.8) is 0 Å². The van der Waals surface area contributed by atoms with Crippen LogP contribution in [-0.2, 0) is 19.4 Å². The van der Waals surface area contributed by atoms with Crippen molar-refractivity contribution < 1.29 is 24.5 Å². The second-order valence-corrected chi connectivity index (χ2v) is 4.01. The molecule has 0 heterocycles. The van der Waals surface area contributed by atoms with Gasteiger partial charge in [-0.1, -0.05) is 0 Å². The molecule has 1 nitrogen and oxygen atoms in total. The Morgan fingerprint density at radius 2 is 2.33 bits per heavy atom. The van der Waals surface area contributed by atoms with Crippen LogP contribution >= 0.6 is 0 Å². The molecule has 0 rings (SSSR count). The second-order valence-electron chi connectivity index (χ2n) is 1.69. The first-order valence-electron chi connectivity index (χ1n) is 2.65. The molecule has 0 bridgehead atoms. The van der Waals surface area contributed by atoms with Crippen molar-refractivity contribution in [1.29, 1.82) is 0 Å². The summed E-state index contributed by atoms with van der Waals surface area (Å²) in [5, 5.41) is 8.63. The predicted octanol–water partition coefficient (Wildman–Crippen LogP) is 0.830. The minimum atomic E-state index is 0.0914. The first-order valence-corrected chi connectivity index (χ1v) is 4.11. The van der Waals surface area contributed by atoms with Gasteiger partial charge >= 0.3 is 66.2 Å². The number of aliphatic hydroxyl groups excluding tert-OH is 1. The van der Waals surface area contributed by atoms with E-state index in [2.05, 4.69) is 6.58 Å². The molecule has 0 aliphatic heterocycles. The first kappa shape index (κ1) is 9.00. The maximum atomic E-state index is 8.63. The van der Waals surface area contributed by atoms with Gasteiger partial charge in [0.15, 0.2) is 0 Å². The van der Waals surface area contributed by atoms with Gasteiger partial charge in [0.2, 0.25) is 0 Å². The predicted molar refractivity (Wildman–Crippen MR) is 36.0 cm³/mol. The number of allylic oxidation sites excluding steroid dienone is 1. The van der Waals surface area contributed by atoms with Crippen molar-refractivity contribution in [1.82, 2.24) is 0 Å². The molecule has 0 saturated heterocycles. The molecule has 0 aromatic rings. The van der Waals surface area contributed by atoms with Crippen molar-refractivity contribution in [3.05, 3.63) is 24.3 Å². The van der Waals surface area contributed by atoms with Crippen LogP contribution in [0.4, 0.5) is 0 Å². The van der Waals surface area contributed by atoms with Crippen molar-refractivity contribution in [2.75, 3.05) is 6.61 Å². The molecule has 0 radical (unpaired) electrons. The molecule has 0 aliphatic carbocycles. The topological polar surface area (TPSA) is 20.2 Å². The Bertz CT molecular complexity index is 147. The molecule has 0 amide bonds. The van der Waals surface area contributed by atoms with Crippen LogP contribution in [0.3, 0.4) is 0 Å². The summed E-state index contributed by atoms with van der Waals surface area (Å²) >= 11 is 1.43. The van der Waals surface area contributed by atoms with Gasteiger partial charge in [0.1, 0.15) is 0 Å². The molecule has 0 aromatic carbocycles. The van der Waals surface area contributed by atoms with E-state index in [1.54, 1.807) is 6.08 Å². The molecule has 0 spiro atoms. The second kappa shape index (κ2) is 4.84. The van der Waals surface area contributed by atoms with Crippen LogP contribution in [0.1, 0.15) is 6.92 Å². The third-order valence-corrected chi connectivity index (χ3v) is 1.26. The van der Waals surface area contributed by atoms with Gasteiger partial charge < -0.3 is 0 Å². The average molecular weight is 294 g/mol. The van der Waals surface area contributed by atoms with Gasteiger partial charge in [-0.25, -0.2) is 0 Å². The molecule has 2 heteroatoms. The van der Waals surface area contributed by atoms with Gasteiger partial charge in [-0.3, -0.25) is 0 Å². The Balaban J connectivity index is 4.07.